The predicted octanol–water partition coefficient (Wildman–Crippen LogP) is 3.05. The van der Waals surface area contributed by atoms with E-state index < -0.39 is 0 Å². The molecule has 6 nitrogen and oxygen atoms in total. The van der Waals surface area contributed by atoms with Gasteiger partial charge in [-0.15, -0.1) is 21.5 Å². The molecule has 0 aliphatic carbocycles. The van der Waals surface area contributed by atoms with Gasteiger partial charge in [0.25, 0.3) is 0 Å². The van der Waals surface area contributed by atoms with E-state index in [2.05, 4.69) is 41.8 Å². The van der Waals surface area contributed by atoms with Gasteiger partial charge in [-0.3, -0.25) is 9.30 Å². The van der Waals surface area contributed by atoms with Crippen molar-refractivity contribution in [1.82, 2.24) is 29.0 Å². The number of hydrogen-bond acceptors (Lipinski definition) is 5. The zero-order valence-corrected chi connectivity index (χ0v) is 14.6. The summed E-state index contributed by atoms with van der Waals surface area (Å²) in [6, 6.07) is 0.393. The van der Waals surface area contributed by atoms with Crippen molar-refractivity contribution >= 4 is 16.3 Å². The van der Waals surface area contributed by atoms with Gasteiger partial charge >= 0.3 is 0 Å². The van der Waals surface area contributed by atoms with Gasteiger partial charge in [-0.1, -0.05) is 6.42 Å². The Balaban J connectivity index is 1.41. The summed E-state index contributed by atoms with van der Waals surface area (Å²) >= 11 is 1.69. The lowest BCUT2D eigenvalue weighted by Gasteiger charge is -2.23. The van der Waals surface area contributed by atoms with Crippen LogP contribution in [0.5, 0.6) is 0 Å². The Morgan fingerprint density at radius 2 is 2.12 bits per heavy atom. The van der Waals surface area contributed by atoms with Gasteiger partial charge < -0.3 is 4.57 Å². The van der Waals surface area contributed by atoms with Crippen LogP contribution >= 0.6 is 11.3 Å². The zero-order chi connectivity index (χ0) is 15.9. The minimum atomic E-state index is 0.393. The van der Waals surface area contributed by atoms with E-state index in [1.165, 1.54) is 43.8 Å². The highest BCUT2D eigenvalue weighted by atomic mass is 32.1. The van der Waals surface area contributed by atoms with Gasteiger partial charge in [0.1, 0.15) is 11.6 Å². The van der Waals surface area contributed by atoms with Crippen molar-refractivity contribution in [2.24, 2.45) is 0 Å². The Morgan fingerprint density at radius 1 is 1.12 bits per heavy atom. The molecule has 5 heterocycles. The first-order valence-electron chi connectivity index (χ1n) is 8.95. The van der Waals surface area contributed by atoms with E-state index in [1.54, 1.807) is 11.3 Å². The maximum Gasteiger partial charge on any atom is 0.193 e. The van der Waals surface area contributed by atoms with Crippen LogP contribution in [0.15, 0.2) is 17.8 Å². The fourth-order valence-corrected chi connectivity index (χ4v) is 4.84. The smallest absolute Gasteiger partial charge is 0.193 e. The molecular formula is C17H22N6S. The Morgan fingerprint density at radius 3 is 3.08 bits per heavy atom. The second-order valence-corrected chi connectivity index (χ2v) is 7.76. The number of nitrogens with zero attached hydrogens (tertiary/aromatic N) is 6. The SMILES string of the molecule is c1cn2cc(CN3CCC[C@@H]3c3nnc4n3CCCCC4)nc2s1. The summed E-state index contributed by atoms with van der Waals surface area (Å²) in [5.74, 6) is 2.38. The van der Waals surface area contributed by atoms with E-state index in [4.69, 9.17) is 4.98 Å². The van der Waals surface area contributed by atoms with Gasteiger partial charge in [0.2, 0.25) is 0 Å². The average molecular weight is 342 g/mol. The third kappa shape index (κ3) is 2.46. The van der Waals surface area contributed by atoms with Crippen LogP contribution in [-0.4, -0.2) is 35.6 Å². The summed E-state index contributed by atoms with van der Waals surface area (Å²) in [5, 5.41) is 11.2. The van der Waals surface area contributed by atoms with Crippen LogP contribution in [0, 0.1) is 0 Å². The largest absolute Gasteiger partial charge is 0.314 e. The summed E-state index contributed by atoms with van der Waals surface area (Å²) in [5.41, 5.74) is 1.16. The molecule has 0 aromatic carbocycles. The molecule has 0 saturated carbocycles. The molecule has 3 aromatic heterocycles. The number of aromatic nitrogens is 5. The van der Waals surface area contributed by atoms with Gasteiger partial charge in [-0.2, -0.15) is 0 Å². The molecule has 1 saturated heterocycles. The van der Waals surface area contributed by atoms with Crippen LogP contribution in [0.25, 0.3) is 4.96 Å². The number of imidazole rings is 1. The Bertz CT molecular complexity index is 818. The van der Waals surface area contributed by atoms with Crippen LogP contribution in [0.1, 0.15) is 55.5 Å². The average Bonchev–Trinajstić information content (AvgIpc) is 3.31. The molecule has 0 spiro atoms. The van der Waals surface area contributed by atoms with E-state index in [9.17, 15) is 0 Å². The van der Waals surface area contributed by atoms with E-state index in [0.29, 0.717) is 6.04 Å². The molecule has 1 atom stereocenters. The lowest BCUT2D eigenvalue weighted by atomic mass is 10.2. The second-order valence-electron chi connectivity index (χ2n) is 6.89. The van der Waals surface area contributed by atoms with Gasteiger partial charge in [-0.05, 0) is 32.2 Å². The van der Waals surface area contributed by atoms with E-state index in [1.807, 2.05) is 0 Å². The molecule has 2 aliphatic heterocycles. The Labute approximate surface area is 145 Å². The Kier molecular flexibility index (Phi) is 3.63. The van der Waals surface area contributed by atoms with Crippen LogP contribution in [0.3, 0.4) is 0 Å². The van der Waals surface area contributed by atoms with Crippen molar-refractivity contribution in [3.63, 3.8) is 0 Å². The topological polar surface area (TPSA) is 51.2 Å². The van der Waals surface area contributed by atoms with Crippen molar-refractivity contribution < 1.29 is 0 Å². The van der Waals surface area contributed by atoms with Gasteiger partial charge in [-0.25, -0.2) is 4.98 Å². The molecule has 3 aromatic rings. The third-order valence-electron chi connectivity index (χ3n) is 5.31. The number of likely N-dealkylation sites (tertiary alicyclic amines) is 1. The Hall–Kier alpha value is -1.73. The lowest BCUT2D eigenvalue weighted by molar-refractivity contribution is 0.232. The number of rotatable bonds is 3. The third-order valence-corrected chi connectivity index (χ3v) is 6.08. The van der Waals surface area contributed by atoms with Crippen molar-refractivity contribution in [1.29, 1.82) is 0 Å². The monoisotopic (exact) mass is 342 g/mol. The molecule has 24 heavy (non-hydrogen) atoms. The molecule has 2 aliphatic rings. The number of thiazole rings is 1. The predicted molar refractivity (Wildman–Crippen MR) is 93.0 cm³/mol. The summed E-state index contributed by atoms with van der Waals surface area (Å²) in [6.07, 6.45) is 11.5. The van der Waals surface area contributed by atoms with Crippen molar-refractivity contribution in [3.8, 4) is 0 Å². The fourth-order valence-electron chi connectivity index (χ4n) is 4.12. The molecule has 126 valence electrons. The number of aryl methyl sites for hydroxylation is 1. The zero-order valence-electron chi connectivity index (χ0n) is 13.8. The van der Waals surface area contributed by atoms with E-state index in [-0.39, 0.29) is 0 Å². The highest BCUT2D eigenvalue weighted by Crippen LogP contribution is 2.33. The van der Waals surface area contributed by atoms with E-state index >= 15 is 0 Å². The lowest BCUT2D eigenvalue weighted by Crippen LogP contribution is -2.25. The molecule has 7 heteroatoms. The summed E-state index contributed by atoms with van der Waals surface area (Å²) < 4.78 is 4.52. The highest BCUT2D eigenvalue weighted by Gasteiger charge is 2.31. The van der Waals surface area contributed by atoms with Crippen molar-refractivity contribution in [2.75, 3.05) is 6.54 Å². The highest BCUT2D eigenvalue weighted by molar-refractivity contribution is 7.15. The van der Waals surface area contributed by atoms with Gasteiger partial charge in [0.05, 0.1) is 11.7 Å². The van der Waals surface area contributed by atoms with Crippen LogP contribution in [0.2, 0.25) is 0 Å². The summed E-state index contributed by atoms with van der Waals surface area (Å²) in [7, 11) is 0. The molecule has 0 amide bonds. The minimum Gasteiger partial charge on any atom is -0.314 e. The maximum absolute atomic E-state index is 4.75. The quantitative estimate of drug-likeness (QED) is 0.734. The number of fused-ring (bicyclic) bond motifs is 2. The van der Waals surface area contributed by atoms with Crippen molar-refractivity contribution in [3.05, 3.63) is 35.1 Å². The van der Waals surface area contributed by atoms with Gasteiger partial charge in [0.15, 0.2) is 4.96 Å². The van der Waals surface area contributed by atoms with Crippen molar-refractivity contribution in [2.45, 2.75) is 57.7 Å². The van der Waals surface area contributed by atoms with Gasteiger partial charge in [0, 0.05) is 37.3 Å². The first kappa shape index (κ1) is 14.6. The summed E-state index contributed by atoms with van der Waals surface area (Å²) in [6.45, 7) is 3.11. The number of hydrogen-bond donors (Lipinski definition) is 0. The standard InChI is InChI=1S/C17H22N6S/c1-2-6-15-19-20-16(23(15)8-3-1)14-5-4-7-21(14)11-13-12-22-9-10-24-17(22)18-13/h9-10,12,14H,1-8,11H2/t14-/m1/s1. The molecule has 0 N–H and O–H groups in total. The molecule has 5 rings (SSSR count). The molecular weight excluding hydrogens is 320 g/mol. The molecule has 0 bridgehead atoms. The first-order chi connectivity index (χ1) is 11.9. The molecule has 1 fully saturated rings. The molecule has 0 radical (unpaired) electrons. The minimum absolute atomic E-state index is 0.393. The van der Waals surface area contributed by atoms with Crippen LogP contribution in [0.4, 0.5) is 0 Å². The normalized spacial score (nSPS) is 22.1. The van der Waals surface area contributed by atoms with E-state index in [0.717, 1.165) is 36.7 Å². The van der Waals surface area contributed by atoms with Crippen LogP contribution < -0.4 is 0 Å². The second kappa shape index (κ2) is 5.97. The fraction of sp³-hybridized carbons (Fsp3) is 0.588. The molecule has 0 unspecified atom stereocenters. The first-order valence-corrected chi connectivity index (χ1v) is 9.83. The maximum atomic E-state index is 4.75. The summed E-state index contributed by atoms with van der Waals surface area (Å²) in [4.78, 5) is 8.37. The van der Waals surface area contributed by atoms with Crippen LogP contribution in [-0.2, 0) is 19.5 Å².